The number of halogens is 1. The van der Waals surface area contributed by atoms with Crippen molar-refractivity contribution in [3.05, 3.63) is 29.6 Å². The molecule has 78 valence electrons. The number of rotatable bonds is 4. The van der Waals surface area contributed by atoms with Gasteiger partial charge in [-0.3, -0.25) is 0 Å². The highest BCUT2D eigenvalue weighted by molar-refractivity contribution is 5.50. The summed E-state index contributed by atoms with van der Waals surface area (Å²) in [5.41, 5.74) is 1.61. The van der Waals surface area contributed by atoms with Gasteiger partial charge >= 0.3 is 0 Å². The molecule has 0 aliphatic carbocycles. The maximum atomic E-state index is 13.1. The maximum absolute atomic E-state index is 13.1. The van der Waals surface area contributed by atoms with E-state index in [1.165, 1.54) is 6.07 Å². The van der Waals surface area contributed by atoms with Crippen LogP contribution in [0.3, 0.4) is 0 Å². The van der Waals surface area contributed by atoms with Gasteiger partial charge in [-0.2, -0.15) is 0 Å². The second-order valence-corrected chi connectivity index (χ2v) is 4.02. The van der Waals surface area contributed by atoms with Crippen LogP contribution in [0.25, 0.3) is 0 Å². The summed E-state index contributed by atoms with van der Waals surface area (Å²) in [6.07, 6.45) is 1.11. The van der Waals surface area contributed by atoms with Gasteiger partial charge in [0.25, 0.3) is 0 Å². The average molecular weight is 195 g/mol. The van der Waals surface area contributed by atoms with Crippen LogP contribution in [0.15, 0.2) is 18.2 Å². The van der Waals surface area contributed by atoms with Gasteiger partial charge in [-0.1, -0.05) is 19.9 Å². The first-order chi connectivity index (χ1) is 6.61. The normalized spacial score (nSPS) is 10.6. The fourth-order valence-corrected chi connectivity index (χ4v) is 1.29. The first-order valence-electron chi connectivity index (χ1n) is 5.10. The van der Waals surface area contributed by atoms with Gasteiger partial charge in [-0.05, 0) is 31.4 Å². The van der Waals surface area contributed by atoms with Crippen LogP contribution in [-0.2, 0) is 0 Å². The Morgan fingerprint density at radius 1 is 1.36 bits per heavy atom. The third kappa shape index (κ3) is 3.02. The van der Waals surface area contributed by atoms with Gasteiger partial charge in [0, 0.05) is 17.8 Å². The quantitative estimate of drug-likeness (QED) is 0.774. The molecule has 1 N–H and O–H groups in total. The molecule has 0 bridgehead atoms. The first-order valence-corrected chi connectivity index (χ1v) is 5.10. The van der Waals surface area contributed by atoms with E-state index in [4.69, 9.17) is 0 Å². The number of hydrogen-bond donors (Lipinski definition) is 1. The minimum absolute atomic E-state index is 0.139. The van der Waals surface area contributed by atoms with Crippen LogP contribution in [0.2, 0.25) is 0 Å². The zero-order chi connectivity index (χ0) is 10.6. The predicted octanol–water partition coefficient (Wildman–Crippen LogP) is 3.59. The van der Waals surface area contributed by atoms with E-state index in [1.807, 2.05) is 6.07 Å². The van der Waals surface area contributed by atoms with Crippen molar-refractivity contribution < 1.29 is 4.39 Å². The van der Waals surface area contributed by atoms with Gasteiger partial charge in [-0.25, -0.2) is 4.39 Å². The highest BCUT2D eigenvalue weighted by Gasteiger charge is 2.02. The molecule has 1 aromatic carbocycles. The summed E-state index contributed by atoms with van der Waals surface area (Å²) in [5, 5.41) is 3.25. The van der Waals surface area contributed by atoms with Gasteiger partial charge < -0.3 is 5.32 Å². The van der Waals surface area contributed by atoms with Crippen LogP contribution < -0.4 is 5.32 Å². The second kappa shape index (κ2) is 4.99. The van der Waals surface area contributed by atoms with Crippen molar-refractivity contribution in [3.8, 4) is 0 Å². The molecule has 14 heavy (non-hydrogen) atoms. The van der Waals surface area contributed by atoms with Crippen molar-refractivity contribution in [2.24, 2.45) is 5.92 Å². The molecule has 0 atom stereocenters. The van der Waals surface area contributed by atoms with Crippen LogP contribution in [0, 0.1) is 18.7 Å². The molecule has 0 fully saturated rings. The van der Waals surface area contributed by atoms with Gasteiger partial charge in [-0.15, -0.1) is 0 Å². The fourth-order valence-electron chi connectivity index (χ4n) is 1.29. The molecule has 0 saturated heterocycles. The van der Waals surface area contributed by atoms with Crippen molar-refractivity contribution in [1.82, 2.24) is 0 Å². The lowest BCUT2D eigenvalue weighted by Gasteiger charge is -2.11. The highest BCUT2D eigenvalue weighted by atomic mass is 19.1. The Morgan fingerprint density at radius 3 is 2.71 bits per heavy atom. The molecular formula is C12H18FN. The van der Waals surface area contributed by atoms with Crippen LogP contribution >= 0.6 is 0 Å². The molecule has 1 rings (SSSR count). The molecule has 1 aromatic rings. The number of hydrogen-bond acceptors (Lipinski definition) is 1. The van der Waals surface area contributed by atoms with E-state index in [0.29, 0.717) is 11.5 Å². The Kier molecular flexibility index (Phi) is 3.93. The third-order valence-corrected chi connectivity index (χ3v) is 2.30. The van der Waals surface area contributed by atoms with E-state index in [1.54, 1.807) is 13.0 Å². The lowest BCUT2D eigenvalue weighted by molar-refractivity contribution is 0.604. The Morgan fingerprint density at radius 2 is 2.07 bits per heavy atom. The van der Waals surface area contributed by atoms with Gasteiger partial charge in [0.2, 0.25) is 0 Å². The zero-order valence-corrected chi connectivity index (χ0v) is 9.10. The van der Waals surface area contributed by atoms with Crippen LogP contribution in [0.5, 0.6) is 0 Å². The number of nitrogens with one attached hydrogen (secondary N) is 1. The first kappa shape index (κ1) is 11.0. The highest BCUT2D eigenvalue weighted by Crippen LogP contribution is 2.17. The van der Waals surface area contributed by atoms with Crippen molar-refractivity contribution in [1.29, 1.82) is 0 Å². The van der Waals surface area contributed by atoms with Gasteiger partial charge in [0.15, 0.2) is 0 Å². The monoisotopic (exact) mass is 195 g/mol. The van der Waals surface area contributed by atoms with Crippen LogP contribution in [0.1, 0.15) is 25.8 Å². The minimum atomic E-state index is -0.139. The molecular weight excluding hydrogens is 177 g/mol. The summed E-state index contributed by atoms with van der Waals surface area (Å²) in [6.45, 7) is 7.06. The second-order valence-electron chi connectivity index (χ2n) is 4.02. The van der Waals surface area contributed by atoms with Crippen molar-refractivity contribution >= 4 is 5.69 Å². The zero-order valence-electron chi connectivity index (χ0n) is 9.10. The minimum Gasteiger partial charge on any atom is -0.385 e. The molecule has 1 nitrogen and oxygen atoms in total. The van der Waals surface area contributed by atoms with Gasteiger partial charge in [0.1, 0.15) is 5.82 Å². The molecule has 0 amide bonds. The molecule has 0 aliphatic rings. The summed E-state index contributed by atoms with van der Waals surface area (Å²) in [7, 11) is 0. The predicted molar refractivity (Wildman–Crippen MR) is 59.1 cm³/mol. The SMILES string of the molecule is Cc1c(F)cccc1NCCC(C)C. The largest absolute Gasteiger partial charge is 0.385 e. The molecule has 2 heteroatoms. The smallest absolute Gasteiger partial charge is 0.128 e. The summed E-state index contributed by atoms with van der Waals surface area (Å²) in [4.78, 5) is 0. The summed E-state index contributed by atoms with van der Waals surface area (Å²) in [6, 6.07) is 5.14. The van der Waals surface area contributed by atoms with E-state index < -0.39 is 0 Å². The van der Waals surface area contributed by atoms with E-state index in [9.17, 15) is 4.39 Å². The van der Waals surface area contributed by atoms with Crippen molar-refractivity contribution in [3.63, 3.8) is 0 Å². The van der Waals surface area contributed by atoms with E-state index >= 15 is 0 Å². The number of benzene rings is 1. The van der Waals surface area contributed by atoms with E-state index in [0.717, 1.165) is 18.7 Å². The molecule has 0 saturated carbocycles. The lowest BCUT2D eigenvalue weighted by Crippen LogP contribution is -2.06. The standard InChI is InChI=1S/C12H18FN/c1-9(2)7-8-14-12-6-4-5-11(13)10(12)3/h4-6,9,14H,7-8H2,1-3H3. The summed E-state index contributed by atoms with van der Waals surface area (Å²) >= 11 is 0. The molecule has 0 radical (unpaired) electrons. The molecule has 0 spiro atoms. The Labute approximate surface area is 85.3 Å². The Bertz CT molecular complexity index is 294. The topological polar surface area (TPSA) is 12.0 Å². The molecule has 0 heterocycles. The summed E-state index contributed by atoms with van der Waals surface area (Å²) < 4.78 is 13.1. The Balaban J connectivity index is 2.54. The fraction of sp³-hybridized carbons (Fsp3) is 0.500. The van der Waals surface area contributed by atoms with Gasteiger partial charge in [0.05, 0.1) is 0 Å². The molecule has 0 unspecified atom stereocenters. The van der Waals surface area contributed by atoms with Crippen molar-refractivity contribution in [2.75, 3.05) is 11.9 Å². The number of anilines is 1. The summed E-state index contributed by atoms with van der Waals surface area (Å²) in [5.74, 6) is 0.538. The molecule has 0 aromatic heterocycles. The van der Waals surface area contributed by atoms with E-state index in [2.05, 4.69) is 19.2 Å². The Hall–Kier alpha value is -1.05. The maximum Gasteiger partial charge on any atom is 0.128 e. The van der Waals surface area contributed by atoms with Crippen LogP contribution in [0.4, 0.5) is 10.1 Å². The van der Waals surface area contributed by atoms with E-state index in [-0.39, 0.29) is 5.82 Å². The average Bonchev–Trinajstić information content (AvgIpc) is 2.12. The van der Waals surface area contributed by atoms with Crippen molar-refractivity contribution in [2.45, 2.75) is 27.2 Å². The lowest BCUT2D eigenvalue weighted by atomic mass is 10.1. The van der Waals surface area contributed by atoms with Crippen LogP contribution in [-0.4, -0.2) is 6.54 Å². The third-order valence-electron chi connectivity index (χ3n) is 2.30. The molecule has 0 aliphatic heterocycles.